The third kappa shape index (κ3) is 3.55. The summed E-state index contributed by atoms with van der Waals surface area (Å²) >= 11 is 0. The molecule has 0 radical (unpaired) electrons. The molecule has 0 saturated carbocycles. The average Bonchev–Trinajstić information content (AvgIpc) is 2.39. The molecule has 1 nitrogen and oxygen atoms in total. The number of aliphatic hydroxyl groups is 1. The topological polar surface area (TPSA) is 20.2 Å². The molecule has 19 heavy (non-hydrogen) atoms. The van der Waals surface area contributed by atoms with Crippen LogP contribution < -0.4 is 0 Å². The summed E-state index contributed by atoms with van der Waals surface area (Å²) in [5, 5.41) is 10.3. The second-order valence-corrected chi connectivity index (χ2v) is 5.12. The van der Waals surface area contributed by atoms with Gasteiger partial charge in [0.25, 0.3) is 0 Å². The predicted molar refractivity (Wildman–Crippen MR) is 81.0 cm³/mol. The Hall–Kier alpha value is -1.86. The second-order valence-electron chi connectivity index (χ2n) is 5.12. The lowest BCUT2D eigenvalue weighted by atomic mass is 9.99. The molecular formula is C18H20O. The van der Waals surface area contributed by atoms with Gasteiger partial charge >= 0.3 is 0 Å². The van der Waals surface area contributed by atoms with E-state index >= 15 is 0 Å². The smallest absolute Gasteiger partial charge is 0.100 e. The maximum absolute atomic E-state index is 10.3. The molecule has 0 unspecified atom stereocenters. The third-order valence-corrected chi connectivity index (χ3v) is 3.26. The highest BCUT2D eigenvalue weighted by Gasteiger charge is 2.09. The zero-order valence-electron chi connectivity index (χ0n) is 11.7. The van der Waals surface area contributed by atoms with Crippen molar-refractivity contribution < 1.29 is 5.11 Å². The van der Waals surface area contributed by atoms with E-state index in [0.29, 0.717) is 0 Å². The lowest BCUT2D eigenvalue weighted by Gasteiger charge is -2.12. The molecule has 1 heteroatoms. The molecule has 0 saturated heterocycles. The summed E-state index contributed by atoms with van der Waals surface area (Å²) in [5.74, 6) is 0. The van der Waals surface area contributed by atoms with E-state index in [4.69, 9.17) is 0 Å². The maximum atomic E-state index is 10.3. The molecule has 0 aliphatic carbocycles. The number of hydrogen-bond acceptors (Lipinski definition) is 1. The Balaban J connectivity index is 2.23. The average molecular weight is 252 g/mol. The molecule has 0 fully saturated rings. The minimum Gasteiger partial charge on any atom is -0.384 e. The fourth-order valence-electron chi connectivity index (χ4n) is 2.11. The molecule has 98 valence electrons. The van der Waals surface area contributed by atoms with Crippen molar-refractivity contribution in [1.82, 2.24) is 0 Å². The van der Waals surface area contributed by atoms with Crippen LogP contribution in [0, 0.1) is 13.8 Å². The van der Waals surface area contributed by atoms with Crippen LogP contribution in [0.25, 0.3) is 6.08 Å². The van der Waals surface area contributed by atoms with Crippen LogP contribution in [0.2, 0.25) is 0 Å². The highest BCUT2D eigenvalue weighted by atomic mass is 16.3. The molecule has 2 aromatic carbocycles. The van der Waals surface area contributed by atoms with Crippen molar-refractivity contribution in [3.05, 3.63) is 76.4 Å². The Morgan fingerprint density at radius 3 is 2.32 bits per heavy atom. The van der Waals surface area contributed by atoms with Gasteiger partial charge in [-0.25, -0.2) is 0 Å². The molecule has 2 aromatic rings. The van der Waals surface area contributed by atoms with Crippen LogP contribution in [0.15, 0.2) is 54.1 Å². The first-order chi connectivity index (χ1) is 9.06. The Kier molecular flexibility index (Phi) is 4.18. The van der Waals surface area contributed by atoms with Gasteiger partial charge in [-0.2, -0.15) is 0 Å². The fourth-order valence-corrected chi connectivity index (χ4v) is 2.11. The number of aliphatic hydroxyl groups excluding tert-OH is 1. The monoisotopic (exact) mass is 252 g/mol. The van der Waals surface area contributed by atoms with Crippen LogP contribution in [0.3, 0.4) is 0 Å². The SMILES string of the molecule is C/C(=C\c1cccc(C)c1)[C@H](O)c1ccc(C)cc1. The maximum Gasteiger partial charge on any atom is 0.100 e. The lowest BCUT2D eigenvalue weighted by molar-refractivity contribution is 0.217. The Labute approximate surface area is 115 Å². The second kappa shape index (κ2) is 5.85. The highest BCUT2D eigenvalue weighted by molar-refractivity contribution is 5.55. The van der Waals surface area contributed by atoms with Gasteiger partial charge in [0.05, 0.1) is 0 Å². The van der Waals surface area contributed by atoms with Gasteiger partial charge in [-0.15, -0.1) is 0 Å². The summed E-state index contributed by atoms with van der Waals surface area (Å²) in [5.41, 5.74) is 5.45. The van der Waals surface area contributed by atoms with E-state index in [9.17, 15) is 5.11 Å². The van der Waals surface area contributed by atoms with E-state index in [1.54, 1.807) is 0 Å². The molecule has 0 aliphatic heterocycles. The summed E-state index contributed by atoms with van der Waals surface area (Å²) < 4.78 is 0. The van der Waals surface area contributed by atoms with Crippen LogP contribution in [-0.2, 0) is 0 Å². The molecule has 0 amide bonds. The summed E-state index contributed by atoms with van der Waals surface area (Å²) in [6.45, 7) is 6.08. The van der Waals surface area contributed by atoms with Crippen molar-refractivity contribution in [2.75, 3.05) is 0 Å². The number of hydrogen-bond donors (Lipinski definition) is 1. The Morgan fingerprint density at radius 2 is 1.68 bits per heavy atom. The number of aryl methyl sites for hydroxylation is 2. The van der Waals surface area contributed by atoms with E-state index < -0.39 is 6.10 Å². The standard InChI is InChI=1S/C18H20O/c1-13-7-9-17(10-8-13)18(19)15(3)12-16-6-4-5-14(2)11-16/h4-12,18-19H,1-3H3/b15-12+/t18-/m0/s1. The van der Waals surface area contributed by atoms with E-state index in [1.165, 1.54) is 11.1 Å². The van der Waals surface area contributed by atoms with Crippen LogP contribution >= 0.6 is 0 Å². The minimum absolute atomic E-state index is 0.541. The first-order valence-corrected chi connectivity index (χ1v) is 6.56. The van der Waals surface area contributed by atoms with Gasteiger partial charge < -0.3 is 5.11 Å². The largest absolute Gasteiger partial charge is 0.384 e. The van der Waals surface area contributed by atoms with Crippen molar-refractivity contribution >= 4 is 6.08 Å². The molecule has 1 atom stereocenters. The highest BCUT2D eigenvalue weighted by Crippen LogP contribution is 2.23. The van der Waals surface area contributed by atoms with Crippen molar-refractivity contribution in [1.29, 1.82) is 0 Å². The van der Waals surface area contributed by atoms with Crippen molar-refractivity contribution in [2.24, 2.45) is 0 Å². The number of rotatable bonds is 3. The fraction of sp³-hybridized carbons (Fsp3) is 0.222. The first-order valence-electron chi connectivity index (χ1n) is 6.56. The molecule has 2 rings (SSSR count). The molecule has 0 bridgehead atoms. The van der Waals surface area contributed by atoms with Crippen LogP contribution in [0.4, 0.5) is 0 Å². The summed E-state index contributed by atoms with van der Waals surface area (Å²) in [4.78, 5) is 0. The van der Waals surface area contributed by atoms with Gasteiger partial charge in [-0.3, -0.25) is 0 Å². The Morgan fingerprint density at radius 1 is 1.00 bits per heavy atom. The van der Waals surface area contributed by atoms with Gasteiger partial charge in [0.2, 0.25) is 0 Å². The van der Waals surface area contributed by atoms with Crippen LogP contribution in [0.5, 0.6) is 0 Å². The van der Waals surface area contributed by atoms with Crippen molar-refractivity contribution in [2.45, 2.75) is 26.9 Å². The summed E-state index contributed by atoms with van der Waals surface area (Å²) in [6.07, 6.45) is 1.50. The zero-order chi connectivity index (χ0) is 13.8. The van der Waals surface area contributed by atoms with Gasteiger partial charge in [0.15, 0.2) is 0 Å². The van der Waals surface area contributed by atoms with Gasteiger partial charge in [-0.1, -0.05) is 65.7 Å². The van der Waals surface area contributed by atoms with Gasteiger partial charge in [-0.05, 0) is 37.5 Å². The predicted octanol–water partition coefficient (Wildman–Crippen LogP) is 4.44. The van der Waals surface area contributed by atoms with E-state index in [1.807, 2.05) is 50.3 Å². The summed E-state index contributed by atoms with van der Waals surface area (Å²) in [6, 6.07) is 16.3. The number of benzene rings is 2. The Bertz CT molecular complexity index is 579. The van der Waals surface area contributed by atoms with Crippen molar-refractivity contribution in [3.8, 4) is 0 Å². The normalized spacial score (nSPS) is 13.4. The van der Waals surface area contributed by atoms with E-state index in [0.717, 1.165) is 16.7 Å². The lowest BCUT2D eigenvalue weighted by Crippen LogP contribution is -1.98. The third-order valence-electron chi connectivity index (χ3n) is 3.26. The first kappa shape index (κ1) is 13.6. The molecule has 0 aliphatic rings. The molecule has 1 N–H and O–H groups in total. The molecule has 0 heterocycles. The van der Waals surface area contributed by atoms with Gasteiger partial charge in [0, 0.05) is 0 Å². The quantitative estimate of drug-likeness (QED) is 0.856. The van der Waals surface area contributed by atoms with Crippen molar-refractivity contribution in [3.63, 3.8) is 0 Å². The zero-order valence-corrected chi connectivity index (χ0v) is 11.7. The molecular weight excluding hydrogens is 232 g/mol. The van der Waals surface area contributed by atoms with Crippen LogP contribution in [0.1, 0.15) is 35.3 Å². The van der Waals surface area contributed by atoms with Gasteiger partial charge in [0.1, 0.15) is 6.10 Å². The van der Waals surface area contributed by atoms with Crippen LogP contribution in [-0.4, -0.2) is 5.11 Å². The molecule has 0 aromatic heterocycles. The molecule has 0 spiro atoms. The minimum atomic E-state index is -0.541. The van der Waals surface area contributed by atoms with E-state index in [-0.39, 0.29) is 0 Å². The van der Waals surface area contributed by atoms with E-state index in [2.05, 4.69) is 25.1 Å². The summed E-state index contributed by atoms with van der Waals surface area (Å²) in [7, 11) is 0.